The van der Waals surface area contributed by atoms with Crippen molar-refractivity contribution in [3.8, 4) is 0 Å². The van der Waals surface area contributed by atoms with Crippen molar-refractivity contribution in [1.29, 1.82) is 0 Å². The maximum Gasteiger partial charge on any atom is 0.416 e. The smallest absolute Gasteiger partial charge is 0.323 e. The molecule has 10 heteroatoms. The van der Waals surface area contributed by atoms with Gasteiger partial charge in [-0.3, -0.25) is 19.1 Å². The van der Waals surface area contributed by atoms with Gasteiger partial charge in [0.15, 0.2) is 0 Å². The zero-order valence-corrected chi connectivity index (χ0v) is 12.0. The van der Waals surface area contributed by atoms with Crippen LogP contribution in [0.4, 0.5) is 18.9 Å². The molecule has 6 nitrogen and oxygen atoms in total. The average Bonchev–Trinajstić information content (AvgIpc) is 2.43. The Hall–Kier alpha value is -2.55. The summed E-state index contributed by atoms with van der Waals surface area (Å²) in [6.45, 7) is -0.438. The number of halogens is 4. The topological polar surface area (TPSA) is 84.0 Å². The quantitative estimate of drug-likeness (QED) is 0.888. The molecule has 0 saturated heterocycles. The largest absolute Gasteiger partial charge is 0.416 e. The van der Waals surface area contributed by atoms with Gasteiger partial charge in [-0.15, -0.1) is 0 Å². The van der Waals surface area contributed by atoms with E-state index in [1.165, 1.54) is 0 Å². The van der Waals surface area contributed by atoms with Crippen LogP contribution in [0.15, 0.2) is 40.1 Å². The molecule has 0 saturated carbocycles. The molecule has 0 aliphatic carbocycles. The molecule has 0 aliphatic heterocycles. The van der Waals surface area contributed by atoms with Gasteiger partial charge in [0.1, 0.15) is 6.54 Å². The second kappa shape index (κ2) is 6.29. The molecule has 0 unspecified atom stereocenters. The maximum absolute atomic E-state index is 12.5. The van der Waals surface area contributed by atoms with Gasteiger partial charge in [-0.1, -0.05) is 11.6 Å². The molecule has 23 heavy (non-hydrogen) atoms. The van der Waals surface area contributed by atoms with Crippen LogP contribution in [0.2, 0.25) is 5.02 Å². The maximum atomic E-state index is 12.5. The minimum Gasteiger partial charge on any atom is -0.323 e. The highest BCUT2D eigenvalue weighted by Crippen LogP contribution is 2.33. The van der Waals surface area contributed by atoms with E-state index in [-0.39, 0.29) is 10.7 Å². The van der Waals surface area contributed by atoms with Crippen molar-refractivity contribution < 1.29 is 18.0 Å². The minimum absolute atomic E-state index is 0.0258. The summed E-state index contributed by atoms with van der Waals surface area (Å²) in [5.74, 6) is -0.694. The molecular formula is C13H9ClF3N3O3. The van der Waals surface area contributed by atoms with Crippen LogP contribution in [0.1, 0.15) is 5.56 Å². The number of aromatic amines is 1. The first-order chi connectivity index (χ1) is 10.7. The Morgan fingerprint density at radius 2 is 1.96 bits per heavy atom. The molecule has 0 fully saturated rings. The highest BCUT2D eigenvalue weighted by atomic mass is 35.5. The molecule has 2 aromatic rings. The third-order valence-corrected chi connectivity index (χ3v) is 3.09. The SMILES string of the molecule is O=C(Cn1ccc(=O)[nH]c1=O)Nc1ccc(C(F)(F)F)cc1Cl. The van der Waals surface area contributed by atoms with E-state index in [9.17, 15) is 27.6 Å². The van der Waals surface area contributed by atoms with Crippen molar-refractivity contribution in [3.63, 3.8) is 0 Å². The average molecular weight is 348 g/mol. The number of aromatic nitrogens is 2. The molecular weight excluding hydrogens is 339 g/mol. The number of benzene rings is 1. The number of nitrogens with zero attached hydrogens (tertiary/aromatic N) is 1. The molecule has 2 rings (SSSR count). The third kappa shape index (κ3) is 4.22. The molecule has 0 bridgehead atoms. The second-order valence-electron chi connectivity index (χ2n) is 4.48. The summed E-state index contributed by atoms with van der Waals surface area (Å²) in [6.07, 6.45) is -3.43. The van der Waals surface area contributed by atoms with E-state index < -0.39 is 35.4 Å². The lowest BCUT2D eigenvalue weighted by molar-refractivity contribution is -0.137. The minimum atomic E-state index is -4.55. The summed E-state index contributed by atoms with van der Waals surface area (Å²) in [5.41, 5.74) is -2.37. The Labute approximate surface area is 131 Å². The van der Waals surface area contributed by atoms with Gasteiger partial charge in [-0.2, -0.15) is 13.2 Å². The van der Waals surface area contributed by atoms with Gasteiger partial charge in [0.25, 0.3) is 5.56 Å². The Kier molecular flexibility index (Phi) is 4.60. The lowest BCUT2D eigenvalue weighted by Gasteiger charge is -2.11. The Morgan fingerprint density at radius 1 is 1.26 bits per heavy atom. The standard InChI is InChI=1S/C13H9ClF3N3O3/c14-8-5-7(13(15,16)17)1-2-9(8)18-11(22)6-20-4-3-10(21)19-12(20)23/h1-5H,6H2,(H,18,22)(H,19,21,23). The van der Waals surface area contributed by atoms with Gasteiger partial charge in [-0.05, 0) is 18.2 Å². The van der Waals surface area contributed by atoms with Crippen molar-refractivity contribution in [2.75, 3.05) is 5.32 Å². The van der Waals surface area contributed by atoms with Gasteiger partial charge < -0.3 is 5.32 Å². The van der Waals surface area contributed by atoms with Crippen LogP contribution in [-0.2, 0) is 17.5 Å². The predicted molar refractivity (Wildman–Crippen MR) is 76.4 cm³/mol. The Bertz CT molecular complexity index is 858. The summed E-state index contributed by atoms with van der Waals surface area (Å²) in [5, 5.41) is 2.00. The van der Waals surface area contributed by atoms with Crippen LogP contribution in [0.25, 0.3) is 0 Å². The van der Waals surface area contributed by atoms with Gasteiger partial charge in [-0.25, -0.2) is 4.79 Å². The zero-order valence-electron chi connectivity index (χ0n) is 11.3. The number of carbonyl (C=O) groups excluding carboxylic acids is 1. The highest BCUT2D eigenvalue weighted by molar-refractivity contribution is 6.33. The van der Waals surface area contributed by atoms with Crippen LogP contribution in [0.3, 0.4) is 0 Å². The fourth-order valence-electron chi connectivity index (χ4n) is 1.71. The fraction of sp³-hybridized carbons (Fsp3) is 0.154. The third-order valence-electron chi connectivity index (χ3n) is 2.78. The summed E-state index contributed by atoms with van der Waals surface area (Å²) < 4.78 is 38.5. The fourth-order valence-corrected chi connectivity index (χ4v) is 1.93. The molecule has 1 aromatic carbocycles. The Balaban J connectivity index is 2.14. The van der Waals surface area contributed by atoms with E-state index in [2.05, 4.69) is 5.32 Å². The number of hydrogen-bond acceptors (Lipinski definition) is 3. The van der Waals surface area contributed by atoms with Crippen molar-refractivity contribution in [2.24, 2.45) is 0 Å². The number of nitrogens with one attached hydrogen (secondary N) is 2. The van der Waals surface area contributed by atoms with E-state index in [1.54, 1.807) is 0 Å². The number of amides is 1. The van der Waals surface area contributed by atoms with Crippen LogP contribution >= 0.6 is 11.6 Å². The van der Waals surface area contributed by atoms with Crippen LogP contribution in [0.5, 0.6) is 0 Å². The molecule has 0 atom stereocenters. The summed E-state index contributed by atoms with van der Waals surface area (Å²) in [6, 6.07) is 3.52. The van der Waals surface area contributed by atoms with Gasteiger partial charge >= 0.3 is 11.9 Å². The van der Waals surface area contributed by atoms with Crippen molar-refractivity contribution in [1.82, 2.24) is 9.55 Å². The molecule has 0 aliphatic rings. The first-order valence-electron chi connectivity index (χ1n) is 6.13. The van der Waals surface area contributed by atoms with E-state index in [4.69, 9.17) is 11.6 Å². The first-order valence-corrected chi connectivity index (χ1v) is 6.51. The molecule has 0 radical (unpaired) electrons. The predicted octanol–water partition coefficient (Wildman–Crippen LogP) is 1.85. The number of anilines is 1. The molecule has 0 spiro atoms. The van der Waals surface area contributed by atoms with Gasteiger partial charge in [0, 0.05) is 12.3 Å². The number of H-pyrrole nitrogens is 1. The first kappa shape index (κ1) is 16.8. The summed E-state index contributed by atoms with van der Waals surface area (Å²) in [7, 11) is 0. The van der Waals surface area contributed by atoms with Crippen LogP contribution < -0.4 is 16.6 Å². The number of hydrogen-bond donors (Lipinski definition) is 2. The van der Waals surface area contributed by atoms with Crippen molar-refractivity contribution in [2.45, 2.75) is 12.7 Å². The molecule has 1 heterocycles. The summed E-state index contributed by atoms with van der Waals surface area (Å²) in [4.78, 5) is 36.1. The number of alkyl halides is 3. The molecule has 122 valence electrons. The van der Waals surface area contributed by atoms with Crippen LogP contribution in [0, 0.1) is 0 Å². The molecule has 1 amide bonds. The van der Waals surface area contributed by atoms with Gasteiger partial charge in [0.05, 0.1) is 16.3 Å². The number of rotatable bonds is 3. The van der Waals surface area contributed by atoms with E-state index in [0.717, 1.165) is 29.0 Å². The Morgan fingerprint density at radius 3 is 2.52 bits per heavy atom. The van der Waals surface area contributed by atoms with Crippen molar-refractivity contribution in [3.05, 3.63) is 61.9 Å². The van der Waals surface area contributed by atoms with Gasteiger partial charge in [0.2, 0.25) is 5.91 Å². The normalized spacial score (nSPS) is 11.3. The van der Waals surface area contributed by atoms with Crippen molar-refractivity contribution >= 4 is 23.2 Å². The summed E-state index contributed by atoms with van der Waals surface area (Å²) >= 11 is 5.70. The monoisotopic (exact) mass is 347 g/mol. The molecule has 2 N–H and O–H groups in total. The van der Waals surface area contributed by atoms with Crippen LogP contribution in [-0.4, -0.2) is 15.5 Å². The zero-order chi connectivity index (χ0) is 17.2. The number of carbonyl (C=O) groups is 1. The highest BCUT2D eigenvalue weighted by Gasteiger charge is 2.30. The van der Waals surface area contributed by atoms with E-state index in [1.807, 2.05) is 4.98 Å². The lowest BCUT2D eigenvalue weighted by Crippen LogP contribution is -2.32. The van der Waals surface area contributed by atoms with E-state index >= 15 is 0 Å². The second-order valence-corrected chi connectivity index (χ2v) is 4.89. The van der Waals surface area contributed by atoms with E-state index in [0.29, 0.717) is 6.07 Å². The lowest BCUT2D eigenvalue weighted by atomic mass is 10.2. The molecule has 1 aromatic heterocycles.